The van der Waals surface area contributed by atoms with Gasteiger partial charge in [-0.25, -0.2) is 0 Å². The molecule has 1 heterocycles. The summed E-state index contributed by atoms with van der Waals surface area (Å²) in [5.41, 5.74) is 0. The van der Waals surface area contributed by atoms with Gasteiger partial charge in [-0.15, -0.1) is 0 Å². The highest BCUT2D eigenvalue weighted by Gasteiger charge is 2.31. The molecule has 5 nitrogen and oxygen atoms in total. The molecule has 0 radical (unpaired) electrons. The van der Waals surface area contributed by atoms with Crippen molar-refractivity contribution in [3.8, 4) is 0 Å². The van der Waals surface area contributed by atoms with Gasteiger partial charge in [0, 0.05) is 31.2 Å². The Balaban J connectivity index is 1.36. The summed E-state index contributed by atoms with van der Waals surface area (Å²) < 4.78 is 0. The van der Waals surface area contributed by atoms with E-state index in [-0.39, 0.29) is 23.6 Å². The average Bonchev–Trinajstić information content (AvgIpc) is 3.06. The number of hydrogen-bond acceptors (Lipinski definition) is 3. The molecule has 0 saturated heterocycles. The summed E-state index contributed by atoms with van der Waals surface area (Å²) in [7, 11) is 0. The lowest BCUT2D eigenvalue weighted by molar-refractivity contribution is -0.138. The third-order valence-electron chi connectivity index (χ3n) is 6.60. The Hall–Kier alpha value is -1.65. The molecule has 2 aliphatic carbocycles. The Morgan fingerprint density at radius 2 is 1.37 bits per heavy atom. The average molecular weight is 375 g/mol. The summed E-state index contributed by atoms with van der Waals surface area (Å²) in [5.74, 6) is 0.882. The van der Waals surface area contributed by atoms with Crippen molar-refractivity contribution in [2.24, 2.45) is 17.8 Å². The first kappa shape index (κ1) is 20.1. The van der Waals surface area contributed by atoms with Crippen LogP contribution in [0.1, 0.15) is 77.0 Å². The first-order valence-electron chi connectivity index (χ1n) is 10.9. The summed E-state index contributed by atoms with van der Waals surface area (Å²) in [6, 6.07) is 0. The Morgan fingerprint density at radius 3 is 1.96 bits per heavy atom. The molecule has 1 N–H and O–H groups in total. The van der Waals surface area contributed by atoms with Gasteiger partial charge < -0.3 is 5.32 Å². The number of nitrogens with zero attached hydrogens (tertiary/aromatic N) is 1. The molecule has 0 unspecified atom stereocenters. The zero-order chi connectivity index (χ0) is 19.1. The van der Waals surface area contributed by atoms with E-state index in [9.17, 15) is 14.4 Å². The van der Waals surface area contributed by atoms with E-state index < -0.39 is 0 Å². The number of imide groups is 1. The molecule has 27 heavy (non-hydrogen) atoms. The third kappa shape index (κ3) is 5.91. The SMILES string of the molecule is O=C(NCC1CCCCCCCC1)C1CCC(CN2C(=O)C=CC2=O)CC1. The van der Waals surface area contributed by atoms with E-state index in [2.05, 4.69) is 5.32 Å². The van der Waals surface area contributed by atoms with Gasteiger partial charge >= 0.3 is 0 Å². The molecule has 0 spiro atoms. The van der Waals surface area contributed by atoms with Crippen LogP contribution in [-0.4, -0.2) is 35.7 Å². The Labute approximate surface area is 162 Å². The molecular weight excluding hydrogens is 340 g/mol. The van der Waals surface area contributed by atoms with Crippen molar-refractivity contribution in [2.75, 3.05) is 13.1 Å². The fourth-order valence-corrected chi connectivity index (χ4v) is 4.79. The summed E-state index contributed by atoms with van der Waals surface area (Å²) in [5, 5.41) is 3.23. The highest BCUT2D eigenvalue weighted by molar-refractivity contribution is 6.12. The molecule has 5 heteroatoms. The van der Waals surface area contributed by atoms with Crippen LogP contribution < -0.4 is 5.32 Å². The van der Waals surface area contributed by atoms with Gasteiger partial charge in [0.1, 0.15) is 0 Å². The van der Waals surface area contributed by atoms with Crippen molar-refractivity contribution in [3.63, 3.8) is 0 Å². The van der Waals surface area contributed by atoms with Crippen molar-refractivity contribution in [1.82, 2.24) is 10.2 Å². The highest BCUT2D eigenvalue weighted by Crippen LogP contribution is 2.30. The van der Waals surface area contributed by atoms with Crippen molar-refractivity contribution < 1.29 is 14.4 Å². The minimum absolute atomic E-state index is 0.0979. The largest absolute Gasteiger partial charge is 0.356 e. The van der Waals surface area contributed by atoms with Gasteiger partial charge in [-0.2, -0.15) is 0 Å². The number of amides is 3. The van der Waals surface area contributed by atoms with Crippen LogP contribution in [0.15, 0.2) is 12.2 Å². The zero-order valence-corrected chi connectivity index (χ0v) is 16.5. The number of carbonyl (C=O) groups is 3. The quantitative estimate of drug-likeness (QED) is 0.748. The normalized spacial score (nSPS) is 27.9. The molecule has 1 aliphatic heterocycles. The summed E-state index contributed by atoms with van der Waals surface area (Å²) >= 11 is 0. The molecule has 2 saturated carbocycles. The number of hydrogen-bond donors (Lipinski definition) is 1. The smallest absolute Gasteiger partial charge is 0.253 e. The Kier molecular flexibility index (Phi) is 7.48. The van der Waals surface area contributed by atoms with Crippen LogP contribution in [0.5, 0.6) is 0 Å². The maximum absolute atomic E-state index is 12.6. The van der Waals surface area contributed by atoms with E-state index in [1.165, 1.54) is 68.4 Å². The van der Waals surface area contributed by atoms with Gasteiger partial charge in [0.15, 0.2) is 0 Å². The lowest BCUT2D eigenvalue weighted by atomic mass is 9.81. The molecule has 3 amide bonds. The molecule has 0 atom stereocenters. The zero-order valence-electron chi connectivity index (χ0n) is 16.5. The minimum Gasteiger partial charge on any atom is -0.356 e. The van der Waals surface area contributed by atoms with Gasteiger partial charge in [-0.3, -0.25) is 19.3 Å². The van der Waals surface area contributed by atoms with Crippen LogP contribution in [0, 0.1) is 17.8 Å². The lowest BCUT2D eigenvalue weighted by Crippen LogP contribution is -2.39. The van der Waals surface area contributed by atoms with Gasteiger partial charge in [-0.1, -0.05) is 38.5 Å². The van der Waals surface area contributed by atoms with E-state index in [1.54, 1.807) is 0 Å². The number of nitrogens with one attached hydrogen (secondary N) is 1. The first-order valence-corrected chi connectivity index (χ1v) is 10.9. The minimum atomic E-state index is -0.199. The van der Waals surface area contributed by atoms with E-state index in [4.69, 9.17) is 0 Å². The molecular formula is C22H34N2O3. The van der Waals surface area contributed by atoms with Gasteiger partial charge in [0.2, 0.25) is 5.91 Å². The molecule has 150 valence electrons. The predicted molar refractivity (Wildman–Crippen MR) is 105 cm³/mol. The molecule has 3 aliphatic rings. The van der Waals surface area contributed by atoms with Crippen LogP contribution in [0.25, 0.3) is 0 Å². The fourth-order valence-electron chi connectivity index (χ4n) is 4.79. The maximum atomic E-state index is 12.6. The Morgan fingerprint density at radius 1 is 0.815 bits per heavy atom. The lowest BCUT2D eigenvalue weighted by Gasteiger charge is -2.30. The Bertz CT molecular complexity index is 536. The summed E-state index contributed by atoms with van der Waals surface area (Å²) in [6.07, 6.45) is 16.8. The second-order valence-electron chi connectivity index (χ2n) is 8.65. The second kappa shape index (κ2) is 10.0. The molecule has 0 aromatic rings. The molecule has 0 bridgehead atoms. The molecule has 0 aromatic heterocycles. The van der Waals surface area contributed by atoms with Crippen LogP contribution in [-0.2, 0) is 14.4 Å². The van der Waals surface area contributed by atoms with Gasteiger partial charge in [-0.05, 0) is 50.4 Å². The van der Waals surface area contributed by atoms with Crippen LogP contribution in [0.3, 0.4) is 0 Å². The van der Waals surface area contributed by atoms with Crippen molar-refractivity contribution in [1.29, 1.82) is 0 Å². The number of rotatable bonds is 5. The van der Waals surface area contributed by atoms with Gasteiger partial charge in [0.25, 0.3) is 11.8 Å². The van der Waals surface area contributed by atoms with Crippen molar-refractivity contribution >= 4 is 17.7 Å². The monoisotopic (exact) mass is 374 g/mol. The van der Waals surface area contributed by atoms with Crippen LogP contribution in [0.2, 0.25) is 0 Å². The highest BCUT2D eigenvalue weighted by atomic mass is 16.2. The summed E-state index contributed by atoms with van der Waals surface area (Å²) in [6.45, 7) is 1.34. The van der Waals surface area contributed by atoms with E-state index >= 15 is 0 Å². The first-order chi connectivity index (χ1) is 13.1. The second-order valence-corrected chi connectivity index (χ2v) is 8.65. The standard InChI is InChI=1S/C22H34N2O3/c25-20-13-14-21(26)24(20)16-18-9-11-19(12-10-18)22(27)23-15-17-7-5-3-1-2-4-6-8-17/h13-14,17-19H,1-12,15-16H2,(H,23,27). The summed E-state index contributed by atoms with van der Waals surface area (Å²) in [4.78, 5) is 37.3. The van der Waals surface area contributed by atoms with Crippen molar-refractivity contribution in [3.05, 3.63) is 12.2 Å². The van der Waals surface area contributed by atoms with Crippen LogP contribution >= 0.6 is 0 Å². The van der Waals surface area contributed by atoms with E-state index in [0.29, 0.717) is 18.4 Å². The van der Waals surface area contributed by atoms with E-state index in [0.717, 1.165) is 32.2 Å². The molecule has 2 fully saturated rings. The van der Waals surface area contributed by atoms with Crippen LogP contribution in [0.4, 0.5) is 0 Å². The third-order valence-corrected chi connectivity index (χ3v) is 6.60. The maximum Gasteiger partial charge on any atom is 0.253 e. The van der Waals surface area contributed by atoms with Crippen molar-refractivity contribution in [2.45, 2.75) is 77.0 Å². The molecule has 0 aromatic carbocycles. The number of carbonyl (C=O) groups excluding carboxylic acids is 3. The van der Waals surface area contributed by atoms with E-state index in [1.807, 2.05) is 0 Å². The molecule has 3 rings (SSSR count). The fraction of sp³-hybridized carbons (Fsp3) is 0.773. The van der Waals surface area contributed by atoms with Gasteiger partial charge in [0.05, 0.1) is 0 Å². The predicted octanol–water partition coefficient (Wildman–Crippen LogP) is 3.58. The topological polar surface area (TPSA) is 66.5 Å².